The molecule has 1 atom stereocenters. The number of rotatable bonds is 5. The van der Waals surface area contributed by atoms with E-state index in [0.717, 1.165) is 5.56 Å². The van der Waals surface area contributed by atoms with Crippen LogP contribution in [0.1, 0.15) is 12.5 Å². The molecule has 7 heteroatoms. The predicted octanol–water partition coefficient (Wildman–Crippen LogP) is 1.18. The second-order valence-corrected chi connectivity index (χ2v) is 5.27. The van der Waals surface area contributed by atoms with Crippen molar-refractivity contribution in [2.45, 2.75) is 23.9 Å². The molecule has 100 valence electrons. The molecule has 0 unspecified atom stereocenters. The van der Waals surface area contributed by atoms with Crippen molar-refractivity contribution in [2.75, 3.05) is 5.73 Å². The number of nitrogens with two attached hydrogens (primary N) is 1. The van der Waals surface area contributed by atoms with Crippen molar-refractivity contribution < 1.29 is 4.79 Å². The number of carbonyl (C=O) groups is 1. The minimum Gasteiger partial charge on any atom is -0.368 e. The topological polar surface area (TPSA) is 96.7 Å². The Morgan fingerprint density at radius 2 is 2.21 bits per heavy atom. The summed E-state index contributed by atoms with van der Waals surface area (Å²) in [5.41, 5.74) is 6.49. The smallest absolute Gasteiger partial charge is 0.233 e. The Kier molecular flexibility index (Phi) is 4.40. The standard InChI is InChI=1S/C12H15N5OS/c1-8(19-12-15-11(13)16-17-12)10(18)14-7-9-5-3-2-4-6-9/h2-6,8H,7H2,1H3,(H,14,18)(H3,13,15,16,17)/t8-/m1/s1. The van der Waals surface area contributed by atoms with Crippen molar-refractivity contribution >= 4 is 23.6 Å². The highest BCUT2D eigenvalue weighted by Crippen LogP contribution is 2.19. The van der Waals surface area contributed by atoms with Gasteiger partial charge in [0, 0.05) is 6.54 Å². The van der Waals surface area contributed by atoms with Gasteiger partial charge in [-0.15, -0.1) is 5.10 Å². The lowest BCUT2D eigenvalue weighted by atomic mass is 10.2. The summed E-state index contributed by atoms with van der Waals surface area (Å²) in [5.74, 6) is 0.191. The Bertz CT molecular complexity index is 542. The third kappa shape index (κ3) is 3.99. The molecule has 0 saturated carbocycles. The first-order valence-corrected chi connectivity index (χ1v) is 6.69. The molecule has 1 aromatic carbocycles. The van der Waals surface area contributed by atoms with Crippen LogP contribution in [0.2, 0.25) is 0 Å². The van der Waals surface area contributed by atoms with Gasteiger partial charge in [-0.3, -0.25) is 4.79 Å². The molecule has 1 aromatic heterocycles. The van der Waals surface area contributed by atoms with E-state index in [2.05, 4.69) is 20.5 Å². The number of hydrogen-bond acceptors (Lipinski definition) is 5. The highest BCUT2D eigenvalue weighted by Gasteiger charge is 2.16. The summed E-state index contributed by atoms with van der Waals surface area (Å²) in [6.07, 6.45) is 0. The quantitative estimate of drug-likeness (QED) is 0.713. The second-order valence-electron chi connectivity index (χ2n) is 3.97. The molecule has 19 heavy (non-hydrogen) atoms. The summed E-state index contributed by atoms with van der Waals surface area (Å²) in [7, 11) is 0. The van der Waals surface area contributed by atoms with E-state index in [1.54, 1.807) is 6.92 Å². The van der Waals surface area contributed by atoms with E-state index in [1.165, 1.54) is 11.8 Å². The summed E-state index contributed by atoms with van der Waals surface area (Å²) in [6.45, 7) is 2.32. The number of amides is 1. The predicted molar refractivity (Wildman–Crippen MR) is 74.4 cm³/mol. The molecule has 1 amide bonds. The molecule has 1 heterocycles. The van der Waals surface area contributed by atoms with E-state index < -0.39 is 0 Å². The molecule has 0 fully saturated rings. The van der Waals surface area contributed by atoms with E-state index in [4.69, 9.17) is 5.73 Å². The summed E-state index contributed by atoms with van der Waals surface area (Å²) in [6, 6.07) is 9.76. The van der Waals surface area contributed by atoms with Crippen molar-refractivity contribution in [3.05, 3.63) is 35.9 Å². The number of benzene rings is 1. The summed E-state index contributed by atoms with van der Waals surface area (Å²) in [4.78, 5) is 15.8. The van der Waals surface area contributed by atoms with Crippen LogP contribution < -0.4 is 11.1 Å². The summed E-state index contributed by atoms with van der Waals surface area (Å²) < 4.78 is 0. The first-order valence-electron chi connectivity index (χ1n) is 5.81. The van der Waals surface area contributed by atoms with Crippen LogP contribution in [-0.2, 0) is 11.3 Å². The molecule has 0 spiro atoms. The normalized spacial score (nSPS) is 12.1. The minimum absolute atomic E-state index is 0.0581. The van der Waals surface area contributed by atoms with Crippen molar-refractivity contribution in [1.82, 2.24) is 20.5 Å². The van der Waals surface area contributed by atoms with Gasteiger partial charge in [0.25, 0.3) is 0 Å². The zero-order valence-electron chi connectivity index (χ0n) is 10.5. The van der Waals surface area contributed by atoms with Crippen LogP contribution in [0, 0.1) is 0 Å². The maximum Gasteiger partial charge on any atom is 0.233 e. The summed E-state index contributed by atoms with van der Waals surface area (Å²) >= 11 is 1.26. The molecule has 4 N–H and O–H groups in total. The van der Waals surface area contributed by atoms with Crippen LogP contribution in [0.15, 0.2) is 35.5 Å². The third-order valence-electron chi connectivity index (χ3n) is 2.44. The molecule has 2 aromatic rings. The van der Waals surface area contributed by atoms with Gasteiger partial charge in [-0.25, -0.2) is 5.10 Å². The van der Waals surface area contributed by atoms with Crippen molar-refractivity contribution in [2.24, 2.45) is 0 Å². The van der Waals surface area contributed by atoms with Crippen LogP contribution >= 0.6 is 11.8 Å². The van der Waals surface area contributed by atoms with Crippen LogP contribution in [0.5, 0.6) is 0 Å². The van der Waals surface area contributed by atoms with Crippen LogP contribution in [0.3, 0.4) is 0 Å². The molecular formula is C12H15N5OS. The number of aromatic nitrogens is 3. The molecular weight excluding hydrogens is 262 g/mol. The zero-order valence-corrected chi connectivity index (χ0v) is 11.3. The van der Waals surface area contributed by atoms with Gasteiger partial charge in [-0.05, 0) is 12.5 Å². The number of anilines is 1. The monoisotopic (exact) mass is 277 g/mol. The average Bonchev–Trinajstić information content (AvgIpc) is 2.82. The van der Waals surface area contributed by atoms with Gasteiger partial charge in [0.15, 0.2) is 0 Å². The Morgan fingerprint density at radius 3 is 2.84 bits per heavy atom. The fourth-order valence-corrected chi connectivity index (χ4v) is 2.21. The molecule has 0 aliphatic rings. The summed E-state index contributed by atoms with van der Waals surface area (Å²) in [5, 5.41) is 9.48. The average molecular weight is 277 g/mol. The maximum absolute atomic E-state index is 11.9. The van der Waals surface area contributed by atoms with Gasteiger partial charge in [0.1, 0.15) is 0 Å². The van der Waals surface area contributed by atoms with Gasteiger partial charge in [-0.2, -0.15) is 4.98 Å². The van der Waals surface area contributed by atoms with E-state index in [9.17, 15) is 4.79 Å². The lowest BCUT2D eigenvalue weighted by molar-refractivity contribution is -0.120. The van der Waals surface area contributed by atoms with Gasteiger partial charge >= 0.3 is 0 Å². The number of nitrogen functional groups attached to an aromatic ring is 1. The van der Waals surface area contributed by atoms with Gasteiger partial charge in [0.05, 0.1) is 5.25 Å². The third-order valence-corrected chi connectivity index (χ3v) is 3.40. The van der Waals surface area contributed by atoms with Crippen molar-refractivity contribution in [1.29, 1.82) is 0 Å². The number of aromatic amines is 1. The SMILES string of the molecule is C[C@@H](Sc1n[nH]c(N)n1)C(=O)NCc1ccccc1. The Morgan fingerprint density at radius 1 is 1.47 bits per heavy atom. The Hall–Kier alpha value is -2.02. The number of nitrogens with one attached hydrogen (secondary N) is 2. The molecule has 0 aliphatic carbocycles. The highest BCUT2D eigenvalue weighted by molar-refractivity contribution is 8.00. The van der Waals surface area contributed by atoms with E-state index in [-0.39, 0.29) is 17.1 Å². The lowest BCUT2D eigenvalue weighted by Gasteiger charge is -2.09. The number of nitrogens with zero attached hydrogens (tertiary/aromatic N) is 2. The maximum atomic E-state index is 11.9. The molecule has 6 nitrogen and oxygen atoms in total. The van der Waals surface area contributed by atoms with Crippen molar-refractivity contribution in [3.63, 3.8) is 0 Å². The van der Waals surface area contributed by atoms with Crippen LogP contribution in [0.25, 0.3) is 0 Å². The van der Waals surface area contributed by atoms with Gasteiger partial charge in [0.2, 0.25) is 17.0 Å². The number of hydrogen-bond donors (Lipinski definition) is 3. The Labute approximate surface area is 115 Å². The highest BCUT2D eigenvalue weighted by atomic mass is 32.2. The number of carbonyl (C=O) groups excluding carboxylic acids is 1. The zero-order chi connectivity index (χ0) is 13.7. The number of H-pyrrole nitrogens is 1. The molecule has 0 aliphatic heterocycles. The Balaban J connectivity index is 1.82. The van der Waals surface area contributed by atoms with Crippen LogP contribution in [0.4, 0.5) is 5.95 Å². The van der Waals surface area contributed by atoms with Gasteiger partial charge < -0.3 is 11.1 Å². The van der Waals surface area contributed by atoms with E-state index in [0.29, 0.717) is 11.7 Å². The fraction of sp³-hybridized carbons (Fsp3) is 0.250. The van der Waals surface area contributed by atoms with Crippen molar-refractivity contribution in [3.8, 4) is 0 Å². The molecule has 2 rings (SSSR count). The minimum atomic E-state index is -0.279. The lowest BCUT2D eigenvalue weighted by Crippen LogP contribution is -2.30. The fourth-order valence-electron chi connectivity index (χ4n) is 1.45. The molecule has 0 saturated heterocycles. The first-order chi connectivity index (χ1) is 9.15. The van der Waals surface area contributed by atoms with Gasteiger partial charge in [-0.1, -0.05) is 42.1 Å². The van der Waals surface area contributed by atoms with E-state index in [1.807, 2.05) is 30.3 Å². The molecule has 0 radical (unpaired) electrons. The first kappa shape index (κ1) is 13.4. The number of thioether (sulfide) groups is 1. The van der Waals surface area contributed by atoms with Crippen LogP contribution in [-0.4, -0.2) is 26.3 Å². The van der Waals surface area contributed by atoms with E-state index >= 15 is 0 Å². The second kappa shape index (κ2) is 6.24. The largest absolute Gasteiger partial charge is 0.368 e. The molecule has 0 bridgehead atoms.